The van der Waals surface area contributed by atoms with Gasteiger partial charge in [-0.05, 0) is 63.3 Å². The van der Waals surface area contributed by atoms with E-state index in [0.29, 0.717) is 19.4 Å². The number of hydrogen-bond donors (Lipinski definition) is 1. The lowest BCUT2D eigenvalue weighted by Gasteiger charge is -2.33. The van der Waals surface area contributed by atoms with Gasteiger partial charge in [-0.3, -0.25) is 9.59 Å². The SMILES string of the molecule is CC(C)(C)OC(=O)N[C@H](CCC1C(=O)OC(C)(C)OC1=O)Cc1ccc(OCc2ccccc2)cc1. The molecule has 1 N–H and O–H groups in total. The third-order valence-corrected chi connectivity index (χ3v) is 5.44. The number of esters is 2. The average molecular weight is 498 g/mol. The smallest absolute Gasteiger partial charge is 0.407 e. The Balaban J connectivity index is 1.63. The molecule has 0 spiro atoms. The molecule has 2 aromatic rings. The van der Waals surface area contributed by atoms with Gasteiger partial charge in [0.2, 0.25) is 0 Å². The zero-order valence-electron chi connectivity index (χ0n) is 21.5. The van der Waals surface area contributed by atoms with Gasteiger partial charge >= 0.3 is 18.0 Å². The second kappa shape index (κ2) is 11.5. The number of benzene rings is 2. The Labute approximate surface area is 212 Å². The summed E-state index contributed by atoms with van der Waals surface area (Å²) in [6.45, 7) is 8.84. The van der Waals surface area contributed by atoms with Gasteiger partial charge in [-0.15, -0.1) is 0 Å². The van der Waals surface area contributed by atoms with Gasteiger partial charge in [-0.1, -0.05) is 42.5 Å². The molecule has 1 atom stereocenters. The fourth-order valence-electron chi connectivity index (χ4n) is 3.79. The van der Waals surface area contributed by atoms with Crippen LogP contribution in [0.15, 0.2) is 54.6 Å². The van der Waals surface area contributed by atoms with E-state index in [9.17, 15) is 14.4 Å². The van der Waals surface area contributed by atoms with Gasteiger partial charge < -0.3 is 24.3 Å². The van der Waals surface area contributed by atoms with Gasteiger partial charge in [0.05, 0.1) is 0 Å². The average Bonchev–Trinajstić information content (AvgIpc) is 2.76. The van der Waals surface area contributed by atoms with Gasteiger partial charge in [-0.25, -0.2) is 4.79 Å². The van der Waals surface area contributed by atoms with E-state index >= 15 is 0 Å². The first-order chi connectivity index (χ1) is 16.9. The molecule has 1 aliphatic rings. The van der Waals surface area contributed by atoms with Crippen LogP contribution in [0.5, 0.6) is 5.75 Å². The van der Waals surface area contributed by atoms with E-state index in [1.54, 1.807) is 20.8 Å². The van der Waals surface area contributed by atoms with Gasteiger partial charge in [0, 0.05) is 19.9 Å². The summed E-state index contributed by atoms with van der Waals surface area (Å²) in [5.41, 5.74) is 1.37. The van der Waals surface area contributed by atoms with E-state index in [2.05, 4.69) is 5.32 Å². The van der Waals surface area contributed by atoms with Crippen LogP contribution in [0.1, 0.15) is 58.6 Å². The third-order valence-electron chi connectivity index (χ3n) is 5.44. The number of hydrogen-bond acceptors (Lipinski definition) is 7. The molecule has 8 nitrogen and oxygen atoms in total. The van der Waals surface area contributed by atoms with Crippen molar-refractivity contribution in [3.8, 4) is 5.75 Å². The van der Waals surface area contributed by atoms with Crippen molar-refractivity contribution in [3.05, 3.63) is 65.7 Å². The lowest BCUT2D eigenvalue weighted by molar-refractivity contribution is -0.240. The number of carbonyl (C=O) groups excluding carboxylic acids is 3. The molecule has 2 aromatic carbocycles. The monoisotopic (exact) mass is 497 g/mol. The highest BCUT2D eigenvalue weighted by atomic mass is 16.7. The summed E-state index contributed by atoms with van der Waals surface area (Å²) in [6, 6.07) is 17.1. The van der Waals surface area contributed by atoms with Crippen LogP contribution in [-0.2, 0) is 36.8 Å². The molecule has 36 heavy (non-hydrogen) atoms. The predicted molar refractivity (Wildman–Crippen MR) is 133 cm³/mol. The second-order valence-electron chi connectivity index (χ2n) is 10.3. The van der Waals surface area contributed by atoms with Crippen LogP contribution in [-0.4, -0.2) is 35.5 Å². The third kappa shape index (κ3) is 8.59. The lowest BCUT2D eigenvalue weighted by Crippen LogP contribution is -2.47. The predicted octanol–water partition coefficient (Wildman–Crippen LogP) is 4.93. The molecule has 0 bridgehead atoms. The van der Waals surface area contributed by atoms with Gasteiger partial charge in [-0.2, -0.15) is 0 Å². The molecule has 1 saturated heterocycles. The number of amides is 1. The topological polar surface area (TPSA) is 100 Å². The first kappa shape index (κ1) is 27.0. The van der Waals surface area contributed by atoms with Crippen LogP contribution in [0.3, 0.4) is 0 Å². The molecule has 1 fully saturated rings. The lowest BCUT2D eigenvalue weighted by atomic mass is 9.95. The highest BCUT2D eigenvalue weighted by Crippen LogP contribution is 2.27. The van der Waals surface area contributed by atoms with Crippen molar-refractivity contribution in [1.82, 2.24) is 5.32 Å². The molecular weight excluding hydrogens is 462 g/mol. The van der Waals surface area contributed by atoms with Crippen LogP contribution in [0.25, 0.3) is 0 Å². The fraction of sp³-hybridized carbons (Fsp3) is 0.464. The van der Waals surface area contributed by atoms with Crippen molar-refractivity contribution in [3.63, 3.8) is 0 Å². The van der Waals surface area contributed by atoms with E-state index in [-0.39, 0.29) is 12.5 Å². The molecule has 8 heteroatoms. The molecule has 0 aromatic heterocycles. The molecule has 1 aliphatic heterocycles. The molecule has 0 saturated carbocycles. The summed E-state index contributed by atoms with van der Waals surface area (Å²) in [5.74, 6) is -2.81. The maximum atomic E-state index is 12.5. The highest BCUT2D eigenvalue weighted by Gasteiger charge is 2.43. The summed E-state index contributed by atoms with van der Waals surface area (Å²) >= 11 is 0. The number of carbonyl (C=O) groups is 3. The van der Waals surface area contributed by atoms with Crippen LogP contribution in [0, 0.1) is 5.92 Å². The van der Waals surface area contributed by atoms with Crippen LogP contribution in [0.2, 0.25) is 0 Å². The summed E-state index contributed by atoms with van der Waals surface area (Å²) in [6.07, 6.45) is 0.429. The Kier molecular flexibility index (Phi) is 8.61. The molecular formula is C28H35NO7. The minimum atomic E-state index is -1.27. The van der Waals surface area contributed by atoms with Crippen molar-refractivity contribution < 1.29 is 33.3 Å². The molecule has 0 aliphatic carbocycles. The molecule has 0 radical (unpaired) electrons. The first-order valence-electron chi connectivity index (χ1n) is 12.1. The maximum Gasteiger partial charge on any atom is 0.407 e. The van der Waals surface area contributed by atoms with Gasteiger partial charge in [0.15, 0.2) is 5.92 Å². The Morgan fingerprint density at radius 1 is 0.972 bits per heavy atom. The summed E-state index contributed by atoms with van der Waals surface area (Å²) in [7, 11) is 0. The standard InChI is InChI=1S/C28H35NO7/c1-27(2,3)36-26(32)29-21(13-16-23-24(30)34-28(4,5)35-25(23)31)17-19-11-14-22(15-12-19)33-18-20-9-7-6-8-10-20/h6-12,14-15,21,23H,13,16-18H2,1-5H3,(H,29,32)/t21-/m1/s1. The Hall–Kier alpha value is -3.55. The minimum absolute atomic E-state index is 0.173. The van der Waals surface area contributed by atoms with E-state index in [0.717, 1.165) is 16.9 Å². The molecule has 3 rings (SSSR count). The summed E-state index contributed by atoms with van der Waals surface area (Å²) in [4.78, 5) is 37.2. The number of cyclic esters (lactones) is 2. The van der Waals surface area contributed by atoms with Gasteiger partial charge in [0.1, 0.15) is 18.0 Å². The number of rotatable bonds is 9. The van der Waals surface area contributed by atoms with Crippen LogP contribution < -0.4 is 10.1 Å². The van der Waals surface area contributed by atoms with E-state index in [4.69, 9.17) is 18.9 Å². The molecule has 0 unspecified atom stereocenters. The summed E-state index contributed by atoms with van der Waals surface area (Å²) in [5, 5.41) is 2.87. The highest BCUT2D eigenvalue weighted by molar-refractivity contribution is 5.96. The van der Waals surface area contributed by atoms with Crippen LogP contribution >= 0.6 is 0 Å². The second-order valence-corrected chi connectivity index (χ2v) is 10.3. The quantitative estimate of drug-likeness (QED) is 0.387. The molecule has 1 amide bonds. The van der Waals surface area contributed by atoms with Gasteiger partial charge in [0.25, 0.3) is 5.79 Å². The number of ether oxygens (including phenoxy) is 4. The fourth-order valence-corrected chi connectivity index (χ4v) is 3.79. The van der Waals surface area contributed by atoms with E-state index < -0.39 is 35.3 Å². The Morgan fingerprint density at radius 3 is 2.17 bits per heavy atom. The van der Waals surface area contributed by atoms with Crippen LogP contribution in [0.4, 0.5) is 4.79 Å². The van der Waals surface area contributed by atoms with Crippen molar-refractivity contribution in [2.24, 2.45) is 5.92 Å². The van der Waals surface area contributed by atoms with E-state index in [1.807, 2.05) is 54.6 Å². The minimum Gasteiger partial charge on any atom is -0.489 e. The zero-order chi connectivity index (χ0) is 26.3. The largest absolute Gasteiger partial charge is 0.489 e. The Morgan fingerprint density at radius 2 is 1.58 bits per heavy atom. The normalized spacial score (nSPS) is 16.5. The summed E-state index contributed by atoms with van der Waals surface area (Å²) < 4.78 is 21.7. The first-order valence-corrected chi connectivity index (χ1v) is 12.1. The maximum absolute atomic E-state index is 12.5. The number of nitrogens with one attached hydrogen (secondary N) is 1. The van der Waals surface area contributed by atoms with E-state index in [1.165, 1.54) is 13.8 Å². The van der Waals surface area contributed by atoms with Crippen molar-refractivity contribution >= 4 is 18.0 Å². The Bertz CT molecular complexity index is 1020. The van der Waals surface area contributed by atoms with Crippen molar-refractivity contribution in [2.75, 3.05) is 0 Å². The number of alkyl carbamates (subject to hydrolysis) is 1. The van der Waals surface area contributed by atoms with Crippen molar-refractivity contribution in [2.45, 2.75) is 77.9 Å². The zero-order valence-corrected chi connectivity index (χ0v) is 21.5. The molecule has 194 valence electrons. The van der Waals surface area contributed by atoms with Crippen molar-refractivity contribution in [1.29, 1.82) is 0 Å². The molecule has 1 heterocycles.